The standard InChI is InChI=1S/C17H21ClN2O4/c1-11-6-2-5-9-14(11)19-17(23)20-15(21)10-24-16(22)12-7-3-4-8-13(12)18/h3-4,7-8,11,14H,2,5-6,9-10H2,1H3,(H2,19,20,21,23)/t11-,14+/m0/s1. The summed E-state index contributed by atoms with van der Waals surface area (Å²) in [4.78, 5) is 35.4. The lowest BCUT2D eigenvalue weighted by Crippen LogP contribution is -2.48. The van der Waals surface area contributed by atoms with Crippen LogP contribution in [0.5, 0.6) is 0 Å². The molecule has 0 aromatic heterocycles. The van der Waals surface area contributed by atoms with Crippen LogP contribution < -0.4 is 10.6 Å². The van der Waals surface area contributed by atoms with E-state index in [1.165, 1.54) is 6.07 Å². The molecule has 1 aliphatic rings. The molecule has 2 N–H and O–H groups in total. The predicted octanol–water partition coefficient (Wildman–Crippen LogP) is 2.90. The van der Waals surface area contributed by atoms with E-state index in [0.29, 0.717) is 5.92 Å². The summed E-state index contributed by atoms with van der Waals surface area (Å²) in [6.07, 6.45) is 4.20. The third kappa shape index (κ3) is 5.23. The number of carbonyl (C=O) groups excluding carboxylic acids is 3. The van der Waals surface area contributed by atoms with Gasteiger partial charge in [0.15, 0.2) is 6.61 Å². The molecular formula is C17H21ClN2O4. The number of amides is 3. The molecule has 130 valence electrons. The Bertz CT molecular complexity index is 620. The number of rotatable bonds is 4. The number of halogens is 1. The molecule has 0 saturated heterocycles. The zero-order chi connectivity index (χ0) is 17.5. The molecule has 1 fully saturated rings. The van der Waals surface area contributed by atoms with Gasteiger partial charge in [0.2, 0.25) is 0 Å². The van der Waals surface area contributed by atoms with E-state index < -0.39 is 24.5 Å². The van der Waals surface area contributed by atoms with Gasteiger partial charge in [-0.2, -0.15) is 0 Å². The second kappa shape index (κ2) is 8.68. The van der Waals surface area contributed by atoms with E-state index in [1.807, 2.05) is 0 Å². The lowest BCUT2D eigenvalue weighted by molar-refractivity contribution is -0.123. The van der Waals surface area contributed by atoms with Gasteiger partial charge >= 0.3 is 12.0 Å². The summed E-state index contributed by atoms with van der Waals surface area (Å²) in [7, 11) is 0. The first-order valence-corrected chi connectivity index (χ1v) is 8.37. The van der Waals surface area contributed by atoms with Crippen LogP contribution in [0, 0.1) is 5.92 Å². The maximum Gasteiger partial charge on any atom is 0.340 e. The molecule has 1 saturated carbocycles. The molecular weight excluding hydrogens is 332 g/mol. The molecule has 0 unspecified atom stereocenters. The van der Waals surface area contributed by atoms with E-state index in [9.17, 15) is 14.4 Å². The molecule has 24 heavy (non-hydrogen) atoms. The predicted molar refractivity (Wildman–Crippen MR) is 89.8 cm³/mol. The van der Waals surface area contributed by atoms with Crippen LogP contribution in [0.3, 0.4) is 0 Å². The van der Waals surface area contributed by atoms with Crippen molar-refractivity contribution in [1.82, 2.24) is 10.6 Å². The highest BCUT2D eigenvalue weighted by Crippen LogP contribution is 2.23. The summed E-state index contributed by atoms with van der Waals surface area (Å²) < 4.78 is 4.87. The Morgan fingerprint density at radius 3 is 2.62 bits per heavy atom. The van der Waals surface area contributed by atoms with Crippen molar-refractivity contribution >= 4 is 29.5 Å². The number of nitrogens with one attached hydrogen (secondary N) is 2. The van der Waals surface area contributed by atoms with Gasteiger partial charge in [-0.05, 0) is 30.9 Å². The van der Waals surface area contributed by atoms with E-state index in [4.69, 9.17) is 16.3 Å². The number of urea groups is 1. The fourth-order valence-electron chi connectivity index (χ4n) is 2.73. The van der Waals surface area contributed by atoms with E-state index in [1.54, 1.807) is 18.2 Å². The molecule has 6 nitrogen and oxygen atoms in total. The third-order valence-electron chi connectivity index (χ3n) is 4.11. The quantitative estimate of drug-likeness (QED) is 0.816. The first kappa shape index (κ1) is 18.3. The molecule has 2 rings (SSSR count). The molecule has 0 spiro atoms. The fraction of sp³-hybridized carbons (Fsp3) is 0.471. The highest BCUT2D eigenvalue weighted by Gasteiger charge is 2.23. The summed E-state index contributed by atoms with van der Waals surface area (Å²) in [6.45, 7) is 1.54. The van der Waals surface area contributed by atoms with Gasteiger partial charge in [-0.15, -0.1) is 0 Å². The molecule has 7 heteroatoms. The minimum Gasteiger partial charge on any atom is -0.452 e. The number of hydrogen-bond acceptors (Lipinski definition) is 4. The topological polar surface area (TPSA) is 84.5 Å². The summed E-state index contributed by atoms with van der Waals surface area (Å²) in [5.41, 5.74) is 0.174. The minimum atomic E-state index is -0.711. The van der Waals surface area contributed by atoms with E-state index in [0.717, 1.165) is 25.7 Å². The lowest BCUT2D eigenvalue weighted by atomic mass is 9.86. The van der Waals surface area contributed by atoms with Crippen LogP contribution in [0.25, 0.3) is 0 Å². The molecule has 1 aliphatic carbocycles. The second-order valence-electron chi connectivity index (χ2n) is 5.95. The number of ether oxygens (including phenoxy) is 1. The SMILES string of the molecule is C[C@H]1CCCC[C@H]1NC(=O)NC(=O)COC(=O)c1ccccc1Cl. The summed E-state index contributed by atoms with van der Waals surface area (Å²) in [5, 5.41) is 5.21. The van der Waals surface area contributed by atoms with Gasteiger partial charge in [0.25, 0.3) is 5.91 Å². The fourth-order valence-corrected chi connectivity index (χ4v) is 2.95. The van der Waals surface area contributed by atoms with Crippen molar-refractivity contribution in [2.45, 2.75) is 38.6 Å². The molecule has 1 aromatic rings. The van der Waals surface area contributed by atoms with Crippen LogP contribution in [-0.4, -0.2) is 30.6 Å². The summed E-state index contributed by atoms with van der Waals surface area (Å²) >= 11 is 5.88. The van der Waals surface area contributed by atoms with Crippen molar-refractivity contribution in [2.75, 3.05) is 6.61 Å². The Hall–Kier alpha value is -2.08. The number of imide groups is 1. The number of carbonyl (C=O) groups is 3. The van der Waals surface area contributed by atoms with Gasteiger partial charge in [-0.1, -0.05) is 43.5 Å². The third-order valence-corrected chi connectivity index (χ3v) is 4.44. The molecule has 0 bridgehead atoms. The Labute approximate surface area is 145 Å². The molecule has 3 amide bonds. The van der Waals surface area contributed by atoms with Crippen molar-refractivity contribution in [1.29, 1.82) is 0 Å². The maximum atomic E-state index is 11.8. The Morgan fingerprint density at radius 1 is 1.21 bits per heavy atom. The van der Waals surface area contributed by atoms with Crippen LogP contribution in [0.15, 0.2) is 24.3 Å². The zero-order valence-electron chi connectivity index (χ0n) is 13.5. The van der Waals surface area contributed by atoms with Crippen molar-refractivity contribution < 1.29 is 19.1 Å². The number of esters is 1. The highest BCUT2D eigenvalue weighted by atomic mass is 35.5. The normalized spacial score (nSPS) is 20.1. The Morgan fingerprint density at radius 2 is 1.92 bits per heavy atom. The number of hydrogen-bond donors (Lipinski definition) is 2. The van der Waals surface area contributed by atoms with Crippen LogP contribution in [0.2, 0.25) is 5.02 Å². The molecule has 0 radical (unpaired) electrons. The van der Waals surface area contributed by atoms with Gasteiger partial charge < -0.3 is 10.1 Å². The van der Waals surface area contributed by atoms with Gasteiger partial charge in [-0.25, -0.2) is 9.59 Å². The largest absolute Gasteiger partial charge is 0.452 e. The van der Waals surface area contributed by atoms with E-state index >= 15 is 0 Å². The minimum absolute atomic E-state index is 0.0669. The van der Waals surface area contributed by atoms with Gasteiger partial charge in [0, 0.05) is 6.04 Å². The Balaban J connectivity index is 1.75. The highest BCUT2D eigenvalue weighted by molar-refractivity contribution is 6.33. The van der Waals surface area contributed by atoms with Gasteiger partial charge in [0.1, 0.15) is 0 Å². The monoisotopic (exact) mass is 352 g/mol. The smallest absolute Gasteiger partial charge is 0.340 e. The molecule has 0 aliphatic heterocycles. The average Bonchev–Trinajstić information content (AvgIpc) is 2.55. The van der Waals surface area contributed by atoms with Gasteiger partial charge in [0.05, 0.1) is 10.6 Å². The van der Waals surface area contributed by atoms with E-state index in [2.05, 4.69) is 17.6 Å². The first-order valence-electron chi connectivity index (χ1n) is 7.99. The Kier molecular flexibility index (Phi) is 6.61. The van der Waals surface area contributed by atoms with Crippen LogP contribution in [0.1, 0.15) is 43.0 Å². The lowest BCUT2D eigenvalue weighted by Gasteiger charge is -2.29. The number of benzene rings is 1. The van der Waals surface area contributed by atoms with Crippen LogP contribution in [-0.2, 0) is 9.53 Å². The first-order chi connectivity index (χ1) is 11.5. The van der Waals surface area contributed by atoms with Crippen molar-refractivity contribution in [2.24, 2.45) is 5.92 Å². The van der Waals surface area contributed by atoms with Crippen molar-refractivity contribution in [3.8, 4) is 0 Å². The van der Waals surface area contributed by atoms with Crippen LogP contribution >= 0.6 is 11.6 Å². The van der Waals surface area contributed by atoms with Crippen molar-refractivity contribution in [3.05, 3.63) is 34.9 Å². The van der Waals surface area contributed by atoms with Gasteiger partial charge in [-0.3, -0.25) is 10.1 Å². The summed E-state index contributed by atoms with van der Waals surface area (Å²) in [6, 6.07) is 5.88. The maximum absolute atomic E-state index is 11.8. The van der Waals surface area contributed by atoms with E-state index in [-0.39, 0.29) is 16.6 Å². The molecule has 0 heterocycles. The van der Waals surface area contributed by atoms with Crippen LogP contribution in [0.4, 0.5) is 4.79 Å². The average molecular weight is 353 g/mol. The molecule has 2 atom stereocenters. The second-order valence-corrected chi connectivity index (χ2v) is 6.35. The molecule has 1 aromatic carbocycles. The van der Waals surface area contributed by atoms with Crippen molar-refractivity contribution in [3.63, 3.8) is 0 Å². The summed E-state index contributed by atoms with van der Waals surface area (Å²) in [5.74, 6) is -1.01. The zero-order valence-corrected chi connectivity index (χ0v) is 14.3.